The van der Waals surface area contributed by atoms with Gasteiger partial charge in [-0.05, 0) is 36.7 Å². The Hall–Kier alpha value is -2.21. The number of nitrogens with two attached hydrogens (primary N) is 1. The molecule has 0 spiro atoms. The van der Waals surface area contributed by atoms with Crippen LogP contribution in [0, 0.1) is 15.9 Å². The molecule has 1 aromatic heterocycles. The van der Waals surface area contributed by atoms with Gasteiger partial charge in [0.05, 0.1) is 4.92 Å². The highest BCUT2D eigenvalue weighted by atomic mass is 19.1. The van der Waals surface area contributed by atoms with Gasteiger partial charge in [-0.3, -0.25) is 10.1 Å². The van der Waals surface area contributed by atoms with Crippen LogP contribution in [0.15, 0.2) is 36.5 Å². The van der Waals surface area contributed by atoms with Gasteiger partial charge < -0.3 is 10.3 Å². The molecule has 1 aromatic carbocycles. The smallest absolute Gasteiger partial charge is 0.304 e. The third-order valence-electron chi connectivity index (χ3n) is 2.89. The molecule has 2 aromatic rings. The molecule has 0 fully saturated rings. The van der Waals surface area contributed by atoms with Crippen molar-refractivity contribution in [2.75, 3.05) is 6.54 Å². The van der Waals surface area contributed by atoms with Gasteiger partial charge in [-0.1, -0.05) is 6.07 Å². The van der Waals surface area contributed by atoms with Crippen molar-refractivity contribution in [2.45, 2.75) is 13.0 Å². The number of hydrogen-bond donors (Lipinski definition) is 1. The van der Waals surface area contributed by atoms with Crippen LogP contribution in [-0.2, 0) is 13.0 Å². The fraction of sp³-hybridized carbons (Fsp3) is 0.231. The first-order chi connectivity index (χ1) is 9.11. The van der Waals surface area contributed by atoms with E-state index in [0.29, 0.717) is 18.7 Å². The van der Waals surface area contributed by atoms with E-state index in [2.05, 4.69) is 0 Å². The highest BCUT2D eigenvalue weighted by Gasteiger charge is 2.14. The number of nitrogens with zero attached hydrogens (tertiary/aromatic N) is 2. The van der Waals surface area contributed by atoms with E-state index in [9.17, 15) is 14.5 Å². The van der Waals surface area contributed by atoms with Crippen molar-refractivity contribution < 1.29 is 9.31 Å². The molecule has 0 aliphatic heterocycles. The Bertz CT molecular complexity index is 595. The van der Waals surface area contributed by atoms with Crippen molar-refractivity contribution in [3.05, 3.63) is 63.7 Å². The van der Waals surface area contributed by atoms with Crippen LogP contribution in [0.3, 0.4) is 0 Å². The average molecular weight is 263 g/mol. The van der Waals surface area contributed by atoms with Crippen molar-refractivity contribution >= 4 is 5.69 Å². The Morgan fingerprint density at radius 2 is 2.16 bits per heavy atom. The molecule has 0 unspecified atom stereocenters. The van der Waals surface area contributed by atoms with E-state index < -0.39 is 16.4 Å². The van der Waals surface area contributed by atoms with Crippen LogP contribution in [0.4, 0.5) is 10.1 Å². The summed E-state index contributed by atoms with van der Waals surface area (Å²) in [5.74, 6) is -0.810. The van der Waals surface area contributed by atoms with Crippen molar-refractivity contribution in [1.82, 2.24) is 4.57 Å². The summed E-state index contributed by atoms with van der Waals surface area (Å²) in [7, 11) is 0. The van der Waals surface area contributed by atoms with E-state index in [0.717, 1.165) is 12.1 Å². The van der Waals surface area contributed by atoms with Crippen LogP contribution in [-0.4, -0.2) is 16.0 Å². The van der Waals surface area contributed by atoms with Gasteiger partial charge in [0.2, 0.25) is 5.82 Å². The predicted molar refractivity (Wildman–Crippen MR) is 69.3 cm³/mol. The first kappa shape index (κ1) is 13.2. The predicted octanol–water partition coefficient (Wildman–Crippen LogP) is 2.08. The molecule has 100 valence electrons. The van der Waals surface area contributed by atoms with Crippen LogP contribution >= 0.6 is 0 Å². The van der Waals surface area contributed by atoms with E-state index in [-0.39, 0.29) is 0 Å². The minimum absolute atomic E-state index is 0.469. The number of nitro groups is 1. The second kappa shape index (κ2) is 5.62. The zero-order chi connectivity index (χ0) is 13.8. The highest BCUT2D eigenvalue weighted by molar-refractivity contribution is 5.35. The summed E-state index contributed by atoms with van der Waals surface area (Å²) in [5, 5.41) is 10.5. The normalized spacial score (nSPS) is 10.6. The quantitative estimate of drug-likeness (QED) is 0.663. The molecule has 0 bridgehead atoms. The molecule has 1 heterocycles. The average Bonchev–Trinajstić information content (AvgIpc) is 2.77. The summed E-state index contributed by atoms with van der Waals surface area (Å²) in [4.78, 5) is 9.81. The maximum atomic E-state index is 13.5. The van der Waals surface area contributed by atoms with Gasteiger partial charge in [-0.25, -0.2) is 0 Å². The maximum absolute atomic E-state index is 13.5. The fourth-order valence-electron chi connectivity index (χ4n) is 1.97. The lowest BCUT2D eigenvalue weighted by molar-refractivity contribution is -0.387. The van der Waals surface area contributed by atoms with Crippen LogP contribution in [0.5, 0.6) is 0 Å². The molecule has 2 N–H and O–H groups in total. The largest absolute Gasteiger partial charge is 0.347 e. The summed E-state index contributed by atoms with van der Waals surface area (Å²) in [6, 6.07) is 7.80. The Morgan fingerprint density at radius 1 is 1.37 bits per heavy atom. The van der Waals surface area contributed by atoms with Crippen molar-refractivity contribution in [2.24, 2.45) is 5.73 Å². The third-order valence-corrected chi connectivity index (χ3v) is 2.89. The van der Waals surface area contributed by atoms with E-state index >= 15 is 0 Å². The number of hydrogen-bond acceptors (Lipinski definition) is 3. The summed E-state index contributed by atoms with van der Waals surface area (Å²) in [5.41, 5.74) is 6.74. The molecule has 0 amide bonds. The van der Waals surface area contributed by atoms with E-state index in [1.54, 1.807) is 6.07 Å². The number of benzene rings is 1. The first-order valence-electron chi connectivity index (χ1n) is 5.88. The molecular weight excluding hydrogens is 249 g/mol. The molecule has 0 atom stereocenters. The molecule has 6 heteroatoms. The monoisotopic (exact) mass is 263 g/mol. The summed E-state index contributed by atoms with van der Waals surface area (Å²) in [6.07, 6.45) is 2.62. The third kappa shape index (κ3) is 2.97. The molecule has 5 nitrogen and oxygen atoms in total. The van der Waals surface area contributed by atoms with Gasteiger partial charge in [0, 0.05) is 24.5 Å². The number of aromatic nitrogens is 1. The molecule has 0 saturated carbocycles. The Morgan fingerprint density at radius 3 is 2.79 bits per heavy atom. The second-order valence-corrected chi connectivity index (χ2v) is 4.21. The lowest BCUT2D eigenvalue weighted by atomic mass is 10.2. The zero-order valence-electron chi connectivity index (χ0n) is 10.3. The highest BCUT2D eigenvalue weighted by Crippen LogP contribution is 2.19. The first-order valence-corrected chi connectivity index (χ1v) is 5.88. The SMILES string of the molecule is NCCc1cccn1Cc1ccc([N+](=O)[O-])c(F)c1. The van der Waals surface area contributed by atoms with Gasteiger partial charge in [0.1, 0.15) is 0 Å². The Kier molecular flexibility index (Phi) is 3.91. The second-order valence-electron chi connectivity index (χ2n) is 4.21. The van der Waals surface area contributed by atoms with Gasteiger partial charge >= 0.3 is 5.69 Å². The molecule has 0 radical (unpaired) electrons. The molecule has 0 aliphatic carbocycles. The number of nitro benzene ring substituents is 1. The molecule has 0 aliphatic rings. The lowest BCUT2D eigenvalue weighted by Gasteiger charge is -2.08. The molecule has 0 saturated heterocycles. The van der Waals surface area contributed by atoms with E-state index in [1.807, 2.05) is 22.9 Å². The van der Waals surface area contributed by atoms with Crippen molar-refractivity contribution in [3.63, 3.8) is 0 Å². The van der Waals surface area contributed by atoms with Gasteiger partial charge in [-0.2, -0.15) is 4.39 Å². The minimum Gasteiger partial charge on any atom is -0.347 e. The van der Waals surface area contributed by atoms with E-state index in [1.165, 1.54) is 12.1 Å². The maximum Gasteiger partial charge on any atom is 0.304 e. The summed E-state index contributed by atoms with van der Waals surface area (Å²) in [6.45, 7) is 1.01. The summed E-state index contributed by atoms with van der Waals surface area (Å²) >= 11 is 0. The molecule has 19 heavy (non-hydrogen) atoms. The fourth-order valence-corrected chi connectivity index (χ4v) is 1.97. The van der Waals surface area contributed by atoms with Crippen LogP contribution in [0.2, 0.25) is 0 Å². The van der Waals surface area contributed by atoms with Crippen molar-refractivity contribution in [3.8, 4) is 0 Å². The minimum atomic E-state index is -0.810. The van der Waals surface area contributed by atoms with Gasteiger partial charge in [0.25, 0.3) is 0 Å². The topological polar surface area (TPSA) is 74.1 Å². The zero-order valence-corrected chi connectivity index (χ0v) is 10.3. The number of rotatable bonds is 5. The number of halogens is 1. The van der Waals surface area contributed by atoms with Crippen molar-refractivity contribution in [1.29, 1.82) is 0 Å². The summed E-state index contributed by atoms with van der Waals surface area (Å²) < 4.78 is 15.5. The standard InChI is InChI=1S/C13H14FN3O2/c14-12-8-10(3-4-13(12)17(18)19)9-16-7-1-2-11(16)5-6-15/h1-4,7-8H,5-6,9,15H2. The van der Waals surface area contributed by atoms with Gasteiger partial charge in [0.15, 0.2) is 0 Å². The Labute approximate surface area is 109 Å². The molecular formula is C13H14FN3O2. The lowest BCUT2D eigenvalue weighted by Crippen LogP contribution is -2.09. The molecule has 2 rings (SSSR count). The van der Waals surface area contributed by atoms with Crippen LogP contribution in [0.25, 0.3) is 0 Å². The Balaban J connectivity index is 2.21. The van der Waals surface area contributed by atoms with Gasteiger partial charge in [-0.15, -0.1) is 0 Å². The van der Waals surface area contributed by atoms with Crippen LogP contribution in [0.1, 0.15) is 11.3 Å². The van der Waals surface area contributed by atoms with E-state index in [4.69, 9.17) is 5.73 Å². The van der Waals surface area contributed by atoms with Crippen LogP contribution < -0.4 is 5.73 Å².